The van der Waals surface area contributed by atoms with Crippen molar-refractivity contribution in [1.29, 1.82) is 0 Å². The number of carbonyl (C=O) groups excluding carboxylic acids is 1. The van der Waals surface area contributed by atoms with Gasteiger partial charge >= 0.3 is 0 Å². The van der Waals surface area contributed by atoms with Crippen molar-refractivity contribution in [3.05, 3.63) is 52.5 Å². The van der Waals surface area contributed by atoms with E-state index in [1.165, 1.54) is 19.1 Å². The average Bonchev–Trinajstić information content (AvgIpc) is 2.58. The summed E-state index contributed by atoms with van der Waals surface area (Å²) < 4.78 is 31.2. The smallest absolute Gasteiger partial charge is 0.247 e. The van der Waals surface area contributed by atoms with Gasteiger partial charge in [-0.05, 0) is 63.2 Å². The van der Waals surface area contributed by atoms with Gasteiger partial charge in [-0.1, -0.05) is 23.2 Å². The Hall–Kier alpha value is -1.96. The lowest BCUT2D eigenvalue weighted by atomic mass is 10.2. The molecule has 0 heterocycles. The summed E-state index contributed by atoms with van der Waals surface area (Å²) in [5.74, 6) is 0.156. The van der Waals surface area contributed by atoms with Gasteiger partial charge in [-0.25, -0.2) is 8.42 Å². The zero-order valence-electron chi connectivity index (χ0n) is 15.9. The zero-order valence-corrected chi connectivity index (χ0v) is 18.3. The Bertz CT molecular complexity index is 947. The van der Waals surface area contributed by atoms with Gasteiger partial charge in [-0.15, -0.1) is 0 Å². The summed E-state index contributed by atoms with van der Waals surface area (Å²) in [6.07, 6.45) is 1.04. The number of nitrogens with one attached hydrogen (secondary N) is 1. The standard InChI is InChI=1S/C19H22Cl2N2O4S/c1-12(2)27-16-8-6-15(7-9-16)22-19(24)13(3)23(28(4,25)26)18-11-14(20)5-10-17(18)21/h5-13H,1-4H3,(H,22,24)/t13-/m1/s1. The first-order valence-electron chi connectivity index (χ1n) is 8.51. The molecule has 2 rings (SSSR count). The lowest BCUT2D eigenvalue weighted by molar-refractivity contribution is -0.116. The van der Waals surface area contributed by atoms with Crippen molar-refractivity contribution < 1.29 is 17.9 Å². The molecular formula is C19H22Cl2N2O4S. The van der Waals surface area contributed by atoms with Crippen LogP contribution in [-0.4, -0.2) is 32.7 Å². The molecule has 152 valence electrons. The number of ether oxygens (including phenoxy) is 1. The van der Waals surface area contributed by atoms with Crippen molar-refractivity contribution in [3.8, 4) is 5.75 Å². The van der Waals surface area contributed by atoms with E-state index in [1.54, 1.807) is 30.3 Å². The van der Waals surface area contributed by atoms with E-state index in [-0.39, 0.29) is 16.8 Å². The van der Waals surface area contributed by atoms with Crippen molar-refractivity contribution >= 4 is 50.5 Å². The molecule has 0 spiro atoms. The normalized spacial score (nSPS) is 12.5. The van der Waals surface area contributed by atoms with Crippen molar-refractivity contribution in [2.45, 2.75) is 32.9 Å². The van der Waals surface area contributed by atoms with Gasteiger partial charge < -0.3 is 10.1 Å². The number of hydrogen-bond donors (Lipinski definition) is 1. The van der Waals surface area contributed by atoms with Crippen LogP contribution in [-0.2, 0) is 14.8 Å². The topological polar surface area (TPSA) is 75.7 Å². The number of benzene rings is 2. The van der Waals surface area contributed by atoms with E-state index in [2.05, 4.69) is 5.32 Å². The molecule has 0 aromatic heterocycles. The molecule has 1 atom stereocenters. The van der Waals surface area contributed by atoms with Crippen LogP contribution < -0.4 is 14.4 Å². The molecular weight excluding hydrogens is 423 g/mol. The van der Waals surface area contributed by atoms with E-state index in [4.69, 9.17) is 27.9 Å². The van der Waals surface area contributed by atoms with Crippen molar-refractivity contribution in [2.75, 3.05) is 15.9 Å². The molecule has 0 aliphatic carbocycles. The number of halogens is 2. The van der Waals surface area contributed by atoms with E-state index in [9.17, 15) is 13.2 Å². The second-order valence-electron chi connectivity index (χ2n) is 6.51. The van der Waals surface area contributed by atoms with Crippen molar-refractivity contribution in [1.82, 2.24) is 0 Å². The minimum Gasteiger partial charge on any atom is -0.491 e. The number of carbonyl (C=O) groups is 1. The number of hydrogen-bond acceptors (Lipinski definition) is 4. The van der Waals surface area contributed by atoms with Crippen LogP contribution in [0.4, 0.5) is 11.4 Å². The molecule has 28 heavy (non-hydrogen) atoms. The fourth-order valence-corrected chi connectivity index (χ4v) is 4.17. The van der Waals surface area contributed by atoms with E-state index < -0.39 is 22.0 Å². The van der Waals surface area contributed by atoms with Gasteiger partial charge in [0.25, 0.3) is 0 Å². The average molecular weight is 445 g/mol. The fraction of sp³-hybridized carbons (Fsp3) is 0.316. The first kappa shape index (κ1) is 22.3. The molecule has 0 bridgehead atoms. The molecule has 2 aromatic rings. The molecule has 6 nitrogen and oxygen atoms in total. The van der Waals surface area contributed by atoms with Crippen LogP contribution in [0.5, 0.6) is 5.75 Å². The van der Waals surface area contributed by atoms with E-state index in [0.29, 0.717) is 16.5 Å². The SMILES string of the molecule is CC(C)Oc1ccc(NC(=O)[C@@H](C)N(c2cc(Cl)ccc2Cl)S(C)(=O)=O)cc1. The monoisotopic (exact) mass is 444 g/mol. The van der Waals surface area contributed by atoms with Crippen LogP contribution in [0.15, 0.2) is 42.5 Å². The van der Waals surface area contributed by atoms with Crippen LogP contribution in [0.25, 0.3) is 0 Å². The second kappa shape index (κ2) is 9.03. The summed E-state index contributed by atoms with van der Waals surface area (Å²) in [6, 6.07) is 10.2. The Kier molecular flexibility index (Phi) is 7.20. The third-order valence-corrected chi connectivity index (χ3v) is 5.51. The highest BCUT2D eigenvalue weighted by atomic mass is 35.5. The highest BCUT2D eigenvalue weighted by Crippen LogP contribution is 2.32. The van der Waals surface area contributed by atoms with Crippen LogP contribution in [0.2, 0.25) is 10.0 Å². The van der Waals surface area contributed by atoms with E-state index >= 15 is 0 Å². The number of amides is 1. The summed E-state index contributed by atoms with van der Waals surface area (Å²) >= 11 is 12.1. The third-order valence-electron chi connectivity index (χ3n) is 3.73. The largest absolute Gasteiger partial charge is 0.491 e. The van der Waals surface area contributed by atoms with Gasteiger partial charge in [-0.3, -0.25) is 9.10 Å². The molecule has 0 aliphatic heterocycles. The molecule has 0 unspecified atom stereocenters. The molecule has 0 aliphatic rings. The first-order chi connectivity index (χ1) is 13.0. The Morgan fingerprint density at radius 1 is 1.07 bits per heavy atom. The minimum atomic E-state index is -3.80. The Morgan fingerprint density at radius 3 is 2.21 bits per heavy atom. The third kappa shape index (κ3) is 5.77. The van der Waals surface area contributed by atoms with Gasteiger partial charge in [0.1, 0.15) is 11.8 Å². The van der Waals surface area contributed by atoms with E-state index in [0.717, 1.165) is 10.6 Å². The van der Waals surface area contributed by atoms with Crippen molar-refractivity contribution in [3.63, 3.8) is 0 Å². The number of rotatable bonds is 7. The van der Waals surface area contributed by atoms with Gasteiger partial charge in [0, 0.05) is 10.7 Å². The molecule has 0 radical (unpaired) electrons. The highest BCUT2D eigenvalue weighted by molar-refractivity contribution is 7.92. The molecule has 1 amide bonds. The Morgan fingerprint density at radius 2 is 1.68 bits per heavy atom. The maximum atomic E-state index is 12.7. The predicted octanol–water partition coefficient (Wildman–Crippen LogP) is 4.57. The zero-order chi connectivity index (χ0) is 21.1. The second-order valence-corrected chi connectivity index (χ2v) is 9.21. The first-order valence-corrected chi connectivity index (χ1v) is 11.1. The number of sulfonamides is 1. The Balaban J connectivity index is 2.26. The van der Waals surface area contributed by atoms with Crippen LogP contribution in [0, 0.1) is 0 Å². The van der Waals surface area contributed by atoms with E-state index in [1.807, 2.05) is 13.8 Å². The molecule has 1 N–H and O–H groups in total. The van der Waals surface area contributed by atoms with Crippen LogP contribution >= 0.6 is 23.2 Å². The van der Waals surface area contributed by atoms with Crippen LogP contribution in [0.1, 0.15) is 20.8 Å². The lowest BCUT2D eigenvalue weighted by Gasteiger charge is -2.29. The van der Waals surface area contributed by atoms with Gasteiger partial charge in [0.05, 0.1) is 23.1 Å². The number of anilines is 2. The summed E-state index contributed by atoms with van der Waals surface area (Å²) in [7, 11) is -3.80. The maximum Gasteiger partial charge on any atom is 0.247 e. The molecule has 9 heteroatoms. The van der Waals surface area contributed by atoms with Gasteiger partial charge in [0.15, 0.2) is 0 Å². The summed E-state index contributed by atoms with van der Waals surface area (Å²) in [6.45, 7) is 5.31. The predicted molar refractivity (Wildman–Crippen MR) is 114 cm³/mol. The van der Waals surface area contributed by atoms with Crippen molar-refractivity contribution in [2.24, 2.45) is 0 Å². The molecule has 0 saturated heterocycles. The maximum absolute atomic E-state index is 12.7. The van der Waals surface area contributed by atoms with Crippen LogP contribution in [0.3, 0.4) is 0 Å². The lowest BCUT2D eigenvalue weighted by Crippen LogP contribution is -2.45. The summed E-state index contributed by atoms with van der Waals surface area (Å²) in [5, 5.41) is 3.18. The number of nitrogens with zero attached hydrogens (tertiary/aromatic N) is 1. The summed E-state index contributed by atoms with van der Waals surface area (Å²) in [4.78, 5) is 12.7. The molecule has 0 saturated carbocycles. The fourth-order valence-electron chi connectivity index (χ4n) is 2.57. The Labute approximate surface area is 175 Å². The minimum absolute atomic E-state index is 0.0335. The quantitative estimate of drug-likeness (QED) is 0.677. The highest BCUT2D eigenvalue weighted by Gasteiger charge is 2.30. The van der Waals surface area contributed by atoms with Gasteiger partial charge in [0.2, 0.25) is 15.9 Å². The molecule has 2 aromatic carbocycles. The molecule has 0 fully saturated rings. The van der Waals surface area contributed by atoms with Gasteiger partial charge in [-0.2, -0.15) is 0 Å². The summed E-state index contributed by atoms with van der Waals surface area (Å²) in [5.41, 5.74) is 0.651.